The van der Waals surface area contributed by atoms with Crippen LogP contribution in [0.1, 0.15) is 17.3 Å². The number of nitrogens with zero attached hydrogens (tertiary/aromatic N) is 3. The first-order valence-electron chi connectivity index (χ1n) is 10.2. The Morgan fingerprint density at radius 2 is 1.81 bits per heavy atom. The van der Waals surface area contributed by atoms with E-state index in [2.05, 4.69) is 28.4 Å². The number of pyridine rings is 1. The third kappa shape index (κ3) is 3.59. The van der Waals surface area contributed by atoms with E-state index in [1.807, 2.05) is 71.7 Å². The fourth-order valence-corrected chi connectivity index (χ4v) is 3.69. The Bertz CT molecular complexity index is 1350. The Kier molecular flexibility index (Phi) is 4.80. The molecule has 0 aliphatic heterocycles. The Morgan fingerprint density at radius 1 is 1.00 bits per heavy atom. The molecule has 31 heavy (non-hydrogen) atoms. The number of aromatic nitrogens is 4. The smallest absolute Gasteiger partial charge is 0.255 e. The quantitative estimate of drug-likeness (QED) is 0.411. The summed E-state index contributed by atoms with van der Waals surface area (Å²) >= 11 is 0. The largest absolute Gasteiger partial charge is 0.346 e. The van der Waals surface area contributed by atoms with E-state index in [1.165, 1.54) is 0 Å². The van der Waals surface area contributed by atoms with Crippen LogP contribution in [0.5, 0.6) is 0 Å². The number of rotatable bonds is 5. The third-order valence-electron chi connectivity index (χ3n) is 5.29. The van der Waals surface area contributed by atoms with Crippen molar-refractivity contribution in [1.29, 1.82) is 0 Å². The van der Waals surface area contributed by atoms with Crippen molar-refractivity contribution in [3.63, 3.8) is 0 Å². The molecule has 0 unspecified atom stereocenters. The van der Waals surface area contributed by atoms with Crippen LogP contribution in [0.15, 0.2) is 85.3 Å². The summed E-state index contributed by atoms with van der Waals surface area (Å²) in [4.78, 5) is 20.0. The zero-order valence-electron chi connectivity index (χ0n) is 17.0. The average molecular weight is 407 g/mol. The maximum absolute atomic E-state index is 12.4. The molecular formula is C25H21N5O. The molecule has 6 nitrogen and oxygen atoms in total. The summed E-state index contributed by atoms with van der Waals surface area (Å²) in [5.41, 5.74) is 6.25. The fraction of sp³-hybridized carbons (Fsp3) is 0.0800. The lowest BCUT2D eigenvalue weighted by Gasteiger charge is -2.07. The van der Waals surface area contributed by atoms with E-state index in [-0.39, 0.29) is 5.91 Å². The summed E-state index contributed by atoms with van der Waals surface area (Å²) in [6.07, 6.45) is 5.78. The molecule has 2 N–H and O–H groups in total. The van der Waals surface area contributed by atoms with Crippen LogP contribution in [0.2, 0.25) is 0 Å². The van der Waals surface area contributed by atoms with Gasteiger partial charge in [-0.05, 0) is 48.9 Å². The van der Waals surface area contributed by atoms with Crippen molar-refractivity contribution < 1.29 is 4.79 Å². The van der Waals surface area contributed by atoms with Crippen LogP contribution in [0, 0.1) is 0 Å². The normalized spacial score (nSPS) is 11.0. The summed E-state index contributed by atoms with van der Waals surface area (Å²) < 4.78 is 1.94. The van der Waals surface area contributed by atoms with Gasteiger partial charge in [0.25, 0.3) is 5.91 Å². The summed E-state index contributed by atoms with van der Waals surface area (Å²) in [6, 6.07) is 21.0. The number of anilines is 1. The number of carbonyl (C=O) groups is 1. The standard InChI is InChI=1S/C25H21N5O/c1-2-30-16-22(20-12-14-26-24-21(20)13-15-27-24)23(29-30)17-8-10-19(11-9-17)28-25(31)18-6-4-3-5-7-18/h3-16H,2H2,1H3,(H,26,27)(H,28,31). The molecule has 3 aromatic heterocycles. The van der Waals surface area contributed by atoms with E-state index < -0.39 is 0 Å². The van der Waals surface area contributed by atoms with Gasteiger partial charge in [-0.2, -0.15) is 5.10 Å². The highest BCUT2D eigenvalue weighted by atomic mass is 16.1. The van der Waals surface area contributed by atoms with Gasteiger partial charge in [0.15, 0.2) is 0 Å². The molecule has 3 heterocycles. The zero-order valence-corrected chi connectivity index (χ0v) is 17.0. The average Bonchev–Trinajstić information content (AvgIpc) is 3.47. The van der Waals surface area contributed by atoms with Crippen LogP contribution in [0.3, 0.4) is 0 Å². The van der Waals surface area contributed by atoms with Crippen molar-refractivity contribution in [2.24, 2.45) is 0 Å². The van der Waals surface area contributed by atoms with Crippen molar-refractivity contribution >= 4 is 22.6 Å². The number of aromatic amines is 1. The van der Waals surface area contributed by atoms with Gasteiger partial charge in [0.05, 0.1) is 0 Å². The van der Waals surface area contributed by atoms with Crippen LogP contribution < -0.4 is 5.32 Å². The van der Waals surface area contributed by atoms with E-state index in [1.54, 1.807) is 12.1 Å². The van der Waals surface area contributed by atoms with Gasteiger partial charge in [-0.3, -0.25) is 9.48 Å². The number of hydrogen-bond donors (Lipinski definition) is 2. The van der Waals surface area contributed by atoms with Gasteiger partial charge in [0.2, 0.25) is 0 Å². The lowest BCUT2D eigenvalue weighted by molar-refractivity contribution is 0.102. The van der Waals surface area contributed by atoms with Gasteiger partial charge in [-0.1, -0.05) is 30.3 Å². The summed E-state index contributed by atoms with van der Waals surface area (Å²) in [5, 5.41) is 8.81. The highest BCUT2D eigenvalue weighted by Gasteiger charge is 2.16. The van der Waals surface area contributed by atoms with Crippen molar-refractivity contribution in [2.75, 3.05) is 5.32 Å². The molecule has 0 radical (unpaired) electrons. The fourth-order valence-electron chi connectivity index (χ4n) is 3.69. The predicted molar refractivity (Wildman–Crippen MR) is 123 cm³/mol. The first-order valence-corrected chi connectivity index (χ1v) is 10.2. The number of aryl methyl sites for hydroxylation is 1. The number of amides is 1. The molecular weight excluding hydrogens is 386 g/mol. The van der Waals surface area contributed by atoms with E-state index in [0.717, 1.165) is 45.6 Å². The Hall–Kier alpha value is -4.19. The van der Waals surface area contributed by atoms with Crippen molar-refractivity contribution in [3.8, 4) is 22.4 Å². The molecule has 152 valence electrons. The first kappa shape index (κ1) is 18.8. The van der Waals surface area contributed by atoms with Gasteiger partial charge in [0.1, 0.15) is 11.3 Å². The molecule has 0 saturated heterocycles. The minimum Gasteiger partial charge on any atom is -0.346 e. The van der Waals surface area contributed by atoms with Crippen LogP contribution in [-0.4, -0.2) is 25.7 Å². The van der Waals surface area contributed by atoms with Crippen molar-refractivity contribution in [3.05, 3.63) is 90.9 Å². The van der Waals surface area contributed by atoms with E-state index >= 15 is 0 Å². The molecule has 5 aromatic rings. The molecule has 2 aromatic carbocycles. The second-order valence-electron chi connectivity index (χ2n) is 7.24. The van der Waals surface area contributed by atoms with Crippen LogP contribution in [-0.2, 0) is 6.54 Å². The molecule has 0 fully saturated rings. The number of nitrogens with one attached hydrogen (secondary N) is 2. The maximum Gasteiger partial charge on any atom is 0.255 e. The molecule has 5 rings (SSSR count). The van der Waals surface area contributed by atoms with Crippen LogP contribution >= 0.6 is 0 Å². The molecule has 0 spiro atoms. The SMILES string of the molecule is CCn1cc(-c2ccnc3[nH]ccc23)c(-c2ccc(NC(=O)c3ccccc3)cc2)n1. The minimum absolute atomic E-state index is 0.129. The van der Waals surface area contributed by atoms with Crippen molar-refractivity contribution in [2.45, 2.75) is 13.5 Å². The van der Waals surface area contributed by atoms with Crippen LogP contribution in [0.25, 0.3) is 33.4 Å². The summed E-state index contributed by atoms with van der Waals surface area (Å²) in [7, 11) is 0. The van der Waals surface area contributed by atoms with E-state index in [9.17, 15) is 4.79 Å². The number of fused-ring (bicyclic) bond motifs is 1. The van der Waals surface area contributed by atoms with Gasteiger partial charge in [-0.25, -0.2) is 4.98 Å². The van der Waals surface area contributed by atoms with E-state index in [4.69, 9.17) is 5.10 Å². The molecule has 0 aliphatic carbocycles. The van der Waals surface area contributed by atoms with Gasteiger partial charge in [-0.15, -0.1) is 0 Å². The monoisotopic (exact) mass is 407 g/mol. The maximum atomic E-state index is 12.4. The molecule has 0 atom stereocenters. The van der Waals surface area contributed by atoms with Crippen LogP contribution in [0.4, 0.5) is 5.69 Å². The number of benzene rings is 2. The lowest BCUT2D eigenvalue weighted by atomic mass is 10.0. The summed E-state index contributed by atoms with van der Waals surface area (Å²) in [5.74, 6) is -0.129. The van der Waals surface area contributed by atoms with Crippen molar-refractivity contribution in [1.82, 2.24) is 19.7 Å². The topological polar surface area (TPSA) is 75.6 Å². The predicted octanol–water partition coefficient (Wildman–Crippen LogP) is 5.37. The Morgan fingerprint density at radius 3 is 2.58 bits per heavy atom. The lowest BCUT2D eigenvalue weighted by Crippen LogP contribution is -2.11. The molecule has 6 heteroatoms. The Balaban J connectivity index is 1.49. The second kappa shape index (κ2) is 7.91. The third-order valence-corrected chi connectivity index (χ3v) is 5.29. The molecule has 0 saturated carbocycles. The number of carbonyl (C=O) groups excluding carboxylic acids is 1. The van der Waals surface area contributed by atoms with Gasteiger partial charge >= 0.3 is 0 Å². The molecule has 0 aliphatic rings. The van der Waals surface area contributed by atoms with E-state index in [0.29, 0.717) is 5.56 Å². The summed E-state index contributed by atoms with van der Waals surface area (Å²) in [6.45, 7) is 2.85. The molecule has 1 amide bonds. The highest BCUT2D eigenvalue weighted by Crippen LogP contribution is 2.35. The van der Waals surface area contributed by atoms with Gasteiger partial charge < -0.3 is 10.3 Å². The number of hydrogen-bond acceptors (Lipinski definition) is 3. The second-order valence-corrected chi connectivity index (χ2v) is 7.24. The molecule has 0 bridgehead atoms. The van der Waals surface area contributed by atoms with Gasteiger partial charge in [0, 0.05) is 52.9 Å². The zero-order chi connectivity index (χ0) is 21.2. The Labute approximate surface area is 179 Å². The highest BCUT2D eigenvalue weighted by molar-refractivity contribution is 6.04. The first-order chi connectivity index (χ1) is 15.2. The number of H-pyrrole nitrogens is 1. The minimum atomic E-state index is -0.129.